The molecule has 2 aliphatic heterocycles. The number of hydrogen-bond donors (Lipinski definition) is 1. The number of ether oxygens (including phenoxy) is 1. The highest BCUT2D eigenvalue weighted by Crippen LogP contribution is 2.24. The number of carbonyl (C=O) groups is 2. The van der Waals surface area contributed by atoms with Crippen molar-refractivity contribution in [1.29, 1.82) is 0 Å². The first-order valence-electron chi connectivity index (χ1n) is 11.1. The number of halogens is 1. The summed E-state index contributed by atoms with van der Waals surface area (Å²) in [5, 5.41) is 2.13. The normalized spacial score (nSPS) is 21.7. The SMILES string of the molecule is COC[C@H]1CCCN1C(=O)CN1CCC[C@H](NS(=O)(=O)c2ccc3cc(Cl)ccc3c2)C1=O. The van der Waals surface area contributed by atoms with Gasteiger partial charge >= 0.3 is 0 Å². The molecule has 0 aliphatic carbocycles. The topological polar surface area (TPSA) is 96.0 Å². The number of benzene rings is 2. The standard InChI is InChI=1S/C23H28ClN3O5S/c1-32-15-19-4-2-11-27(19)22(28)14-26-10-3-5-21(23(26)29)25-33(30,31)20-9-7-16-12-18(24)8-6-17(16)13-20/h6-9,12-13,19,21,25H,2-5,10-11,14-15H2,1H3/t19-,21+/m1/s1. The molecular formula is C23H28ClN3O5S. The van der Waals surface area contributed by atoms with Crippen molar-refractivity contribution in [1.82, 2.24) is 14.5 Å². The lowest BCUT2D eigenvalue weighted by atomic mass is 10.1. The van der Waals surface area contributed by atoms with E-state index in [1.165, 1.54) is 11.0 Å². The summed E-state index contributed by atoms with van der Waals surface area (Å²) in [5.41, 5.74) is 0. The molecule has 0 aromatic heterocycles. The monoisotopic (exact) mass is 493 g/mol. The largest absolute Gasteiger partial charge is 0.383 e. The van der Waals surface area contributed by atoms with Crippen LogP contribution in [0.5, 0.6) is 0 Å². The van der Waals surface area contributed by atoms with Crippen molar-refractivity contribution in [3.8, 4) is 0 Å². The number of sulfonamides is 1. The van der Waals surface area contributed by atoms with Gasteiger partial charge in [-0.2, -0.15) is 4.72 Å². The molecule has 0 saturated carbocycles. The van der Waals surface area contributed by atoms with E-state index >= 15 is 0 Å². The number of nitrogens with zero attached hydrogens (tertiary/aromatic N) is 2. The summed E-state index contributed by atoms with van der Waals surface area (Å²) in [7, 11) is -2.31. The summed E-state index contributed by atoms with van der Waals surface area (Å²) in [5.74, 6) is -0.493. The van der Waals surface area contributed by atoms with Crippen LogP contribution in [0.4, 0.5) is 0 Å². The molecule has 2 saturated heterocycles. The Morgan fingerprint density at radius 3 is 2.64 bits per heavy atom. The van der Waals surface area contributed by atoms with Crippen LogP contribution in [-0.4, -0.2) is 75.5 Å². The van der Waals surface area contributed by atoms with E-state index in [1.807, 2.05) is 0 Å². The Hall–Kier alpha value is -2.20. The number of likely N-dealkylation sites (tertiary alicyclic amines) is 2. The third kappa shape index (κ3) is 5.32. The van der Waals surface area contributed by atoms with Crippen molar-refractivity contribution in [2.45, 2.75) is 42.7 Å². The molecule has 0 radical (unpaired) electrons. The van der Waals surface area contributed by atoms with E-state index in [1.54, 1.807) is 42.3 Å². The molecule has 178 valence electrons. The smallest absolute Gasteiger partial charge is 0.242 e. The second kappa shape index (κ2) is 9.97. The molecule has 33 heavy (non-hydrogen) atoms. The van der Waals surface area contributed by atoms with Gasteiger partial charge in [-0.25, -0.2) is 8.42 Å². The molecule has 0 bridgehead atoms. The lowest BCUT2D eigenvalue weighted by Crippen LogP contribution is -2.55. The predicted octanol–water partition coefficient (Wildman–Crippen LogP) is 2.40. The highest BCUT2D eigenvalue weighted by molar-refractivity contribution is 7.89. The van der Waals surface area contributed by atoms with Gasteiger partial charge in [-0.05, 0) is 60.7 Å². The minimum atomic E-state index is -3.92. The van der Waals surface area contributed by atoms with E-state index in [4.69, 9.17) is 16.3 Å². The maximum Gasteiger partial charge on any atom is 0.242 e. The quantitative estimate of drug-likeness (QED) is 0.639. The first-order chi connectivity index (χ1) is 15.8. The molecule has 0 unspecified atom stereocenters. The fourth-order valence-electron chi connectivity index (χ4n) is 4.61. The number of carbonyl (C=O) groups excluding carboxylic acids is 2. The number of methoxy groups -OCH3 is 1. The molecule has 2 amide bonds. The van der Waals surface area contributed by atoms with Crippen LogP contribution in [0.2, 0.25) is 5.02 Å². The average Bonchev–Trinajstić information content (AvgIpc) is 3.24. The Bertz CT molecular complexity index is 1160. The zero-order valence-corrected chi connectivity index (χ0v) is 20.1. The van der Waals surface area contributed by atoms with Gasteiger partial charge in [0.15, 0.2) is 0 Å². The molecule has 4 rings (SSSR count). The lowest BCUT2D eigenvalue weighted by molar-refractivity contribution is -0.144. The summed E-state index contributed by atoms with van der Waals surface area (Å²) in [4.78, 5) is 29.2. The van der Waals surface area contributed by atoms with Gasteiger partial charge in [0.2, 0.25) is 21.8 Å². The fraction of sp³-hybridized carbons (Fsp3) is 0.478. The van der Waals surface area contributed by atoms with Gasteiger partial charge in [0.1, 0.15) is 6.04 Å². The molecule has 2 heterocycles. The highest BCUT2D eigenvalue weighted by atomic mass is 35.5. The Balaban J connectivity index is 1.44. The summed E-state index contributed by atoms with van der Waals surface area (Å²) in [6.45, 7) is 1.51. The van der Waals surface area contributed by atoms with Gasteiger partial charge in [0, 0.05) is 25.2 Å². The number of amides is 2. The average molecular weight is 494 g/mol. The van der Waals surface area contributed by atoms with Crippen LogP contribution in [-0.2, 0) is 24.3 Å². The van der Waals surface area contributed by atoms with Crippen LogP contribution in [0.3, 0.4) is 0 Å². The number of rotatable bonds is 7. The molecule has 2 aliphatic rings. The van der Waals surface area contributed by atoms with Gasteiger partial charge in [0.25, 0.3) is 0 Å². The predicted molar refractivity (Wildman–Crippen MR) is 125 cm³/mol. The number of piperidine rings is 1. The van der Waals surface area contributed by atoms with Crippen molar-refractivity contribution in [3.63, 3.8) is 0 Å². The Morgan fingerprint density at radius 2 is 1.85 bits per heavy atom. The number of hydrogen-bond acceptors (Lipinski definition) is 5. The van der Waals surface area contributed by atoms with E-state index in [-0.39, 0.29) is 29.3 Å². The maximum atomic E-state index is 13.0. The molecule has 2 aromatic carbocycles. The van der Waals surface area contributed by atoms with Crippen LogP contribution < -0.4 is 4.72 Å². The van der Waals surface area contributed by atoms with Crippen LogP contribution in [0, 0.1) is 0 Å². The van der Waals surface area contributed by atoms with Gasteiger partial charge < -0.3 is 14.5 Å². The van der Waals surface area contributed by atoms with Crippen molar-refractivity contribution in [3.05, 3.63) is 41.4 Å². The van der Waals surface area contributed by atoms with E-state index in [0.29, 0.717) is 37.6 Å². The second-order valence-corrected chi connectivity index (χ2v) is 10.7. The molecule has 8 nitrogen and oxygen atoms in total. The summed E-state index contributed by atoms with van der Waals surface area (Å²) in [6.07, 6.45) is 2.80. The third-order valence-corrected chi connectivity index (χ3v) is 8.00. The van der Waals surface area contributed by atoms with Gasteiger partial charge in [0.05, 0.1) is 24.1 Å². The molecule has 2 fully saturated rings. The Morgan fingerprint density at radius 1 is 1.12 bits per heavy atom. The first kappa shape index (κ1) is 23.9. The fourth-order valence-corrected chi connectivity index (χ4v) is 6.05. The molecule has 10 heteroatoms. The molecule has 1 N–H and O–H groups in total. The number of nitrogens with one attached hydrogen (secondary N) is 1. The van der Waals surface area contributed by atoms with E-state index < -0.39 is 16.1 Å². The van der Waals surface area contributed by atoms with E-state index in [0.717, 1.165) is 23.6 Å². The minimum Gasteiger partial charge on any atom is -0.383 e. The van der Waals surface area contributed by atoms with Crippen LogP contribution in [0.15, 0.2) is 41.3 Å². The summed E-state index contributed by atoms with van der Waals surface area (Å²) in [6, 6.07) is 9.10. The van der Waals surface area contributed by atoms with Gasteiger partial charge in [-0.15, -0.1) is 0 Å². The first-order valence-corrected chi connectivity index (χ1v) is 12.9. The summed E-state index contributed by atoms with van der Waals surface area (Å²) >= 11 is 6.00. The molecular weight excluding hydrogens is 466 g/mol. The number of fused-ring (bicyclic) bond motifs is 1. The van der Waals surface area contributed by atoms with Crippen LogP contribution in [0.1, 0.15) is 25.7 Å². The third-order valence-electron chi connectivity index (χ3n) is 6.29. The molecule has 2 aromatic rings. The van der Waals surface area contributed by atoms with Gasteiger partial charge in [-0.1, -0.05) is 23.7 Å². The second-order valence-electron chi connectivity index (χ2n) is 8.57. The van der Waals surface area contributed by atoms with Crippen molar-refractivity contribution in [2.75, 3.05) is 33.4 Å². The summed E-state index contributed by atoms with van der Waals surface area (Å²) < 4.78 is 33.8. The Kier molecular flexibility index (Phi) is 7.23. The minimum absolute atomic E-state index is 0.0273. The van der Waals surface area contributed by atoms with Crippen molar-refractivity contribution >= 4 is 44.2 Å². The molecule has 0 spiro atoms. The van der Waals surface area contributed by atoms with Crippen LogP contribution >= 0.6 is 11.6 Å². The van der Waals surface area contributed by atoms with Crippen molar-refractivity contribution in [2.24, 2.45) is 0 Å². The van der Waals surface area contributed by atoms with Gasteiger partial charge in [-0.3, -0.25) is 9.59 Å². The van der Waals surface area contributed by atoms with E-state index in [2.05, 4.69) is 4.72 Å². The zero-order chi connectivity index (χ0) is 23.6. The van der Waals surface area contributed by atoms with E-state index in [9.17, 15) is 18.0 Å². The zero-order valence-electron chi connectivity index (χ0n) is 18.5. The molecule has 2 atom stereocenters. The van der Waals surface area contributed by atoms with Crippen LogP contribution in [0.25, 0.3) is 10.8 Å². The van der Waals surface area contributed by atoms with Crippen molar-refractivity contribution < 1.29 is 22.7 Å². The maximum absolute atomic E-state index is 13.0. The highest BCUT2D eigenvalue weighted by Gasteiger charge is 2.36. The Labute approximate surface area is 198 Å². The lowest BCUT2D eigenvalue weighted by Gasteiger charge is -2.34.